The number of ether oxygens (including phenoxy) is 2. The average Bonchev–Trinajstić information content (AvgIpc) is 2.22. The molecule has 0 saturated heterocycles. The molecule has 0 fully saturated rings. The Morgan fingerprint density at radius 3 is 2.59 bits per heavy atom. The lowest BCUT2D eigenvalue weighted by molar-refractivity contribution is -0.137. The van der Waals surface area contributed by atoms with E-state index in [4.69, 9.17) is 4.74 Å². The first-order chi connectivity index (χ1) is 7.85. The van der Waals surface area contributed by atoms with Crippen molar-refractivity contribution >= 4 is 18.4 Å². The van der Waals surface area contributed by atoms with Gasteiger partial charge in [-0.05, 0) is 20.8 Å². The molecular formula is C11H18N2O4. The molecule has 0 atom stereocenters. The maximum atomic E-state index is 11.1. The molecule has 0 aromatic carbocycles. The smallest absolute Gasteiger partial charge is 0.343 e. The Hall–Kier alpha value is -1.85. The lowest BCUT2D eigenvalue weighted by atomic mass is 10.2. The van der Waals surface area contributed by atoms with Gasteiger partial charge in [0.1, 0.15) is 12.2 Å². The molecule has 6 nitrogen and oxygen atoms in total. The van der Waals surface area contributed by atoms with Gasteiger partial charge in [0.05, 0.1) is 6.54 Å². The van der Waals surface area contributed by atoms with E-state index in [-0.39, 0.29) is 18.8 Å². The van der Waals surface area contributed by atoms with E-state index >= 15 is 0 Å². The SMILES string of the molecule is C=CC(=O)OCCNC(=O)N=COC(C)(C)C. The van der Waals surface area contributed by atoms with E-state index in [9.17, 15) is 9.59 Å². The van der Waals surface area contributed by atoms with Crippen LogP contribution in [0.4, 0.5) is 4.79 Å². The van der Waals surface area contributed by atoms with E-state index < -0.39 is 12.0 Å². The predicted molar refractivity (Wildman–Crippen MR) is 63.9 cm³/mol. The van der Waals surface area contributed by atoms with Crippen molar-refractivity contribution in [2.75, 3.05) is 13.2 Å². The Morgan fingerprint density at radius 2 is 2.06 bits per heavy atom. The Bertz CT molecular complexity index is 305. The zero-order valence-electron chi connectivity index (χ0n) is 10.4. The molecule has 0 aliphatic heterocycles. The summed E-state index contributed by atoms with van der Waals surface area (Å²) in [6, 6.07) is -0.552. The first kappa shape index (κ1) is 15.2. The topological polar surface area (TPSA) is 77.0 Å². The van der Waals surface area contributed by atoms with Gasteiger partial charge in [-0.25, -0.2) is 9.59 Å². The number of rotatable bonds is 5. The van der Waals surface area contributed by atoms with Crippen molar-refractivity contribution in [1.29, 1.82) is 0 Å². The molecule has 2 amide bonds. The van der Waals surface area contributed by atoms with Crippen LogP contribution in [-0.2, 0) is 14.3 Å². The fourth-order valence-electron chi connectivity index (χ4n) is 0.646. The summed E-state index contributed by atoms with van der Waals surface area (Å²) < 4.78 is 9.76. The van der Waals surface area contributed by atoms with E-state index in [1.807, 2.05) is 20.8 Å². The fourth-order valence-corrected chi connectivity index (χ4v) is 0.646. The van der Waals surface area contributed by atoms with Gasteiger partial charge >= 0.3 is 12.0 Å². The van der Waals surface area contributed by atoms with Gasteiger partial charge in [-0.15, -0.1) is 0 Å². The summed E-state index contributed by atoms with van der Waals surface area (Å²) in [6.07, 6.45) is 2.14. The van der Waals surface area contributed by atoms with Crippen molar-refractivity contribution in [3.05, 3.63) is 12.7 Å². The van der Waals surface area contributed by atoms with E-state index in [0.29, 0.717) is 0 Å². The Labute approximate surface area is 101 Å². The highest BCUT2D eigenvalue weighted by molar-refractivity contribution is 5.82. The second kappa shape index (κ2) is 7.43. The Balaban J connectivity index is 3.66. The van der Waals surface area contributed by atoms with Crippen LogP contribution in [0.1, 0.15) is 20.8 Å². The lowest BCUT2D eigenvalue weighted by Crippen LogP contribution is -2.26. The zero-order valence-corrected chi connectivity index (χ0v) is 10.4. The molecular weight excluding hydrogens is 224 g/mol. The van der Waals surface area contributed by atoms with Crippen molar-refractivity contribution in [1.82, 2.24) is 5.32 Å². The maximum Gasteiger partial charge on any atom is 0.343 e. The van der Waals surface area contributed by atoms with Crippen LogP contribution < -0.4 is 5.32 Å². The summed E-state index contributed by atoms with van der Waals surface area (Å²) >= 11 is 0. The van der Waals surface area contributed by atoms with Crippen LogP contribution >= 0.6 is 0 Å². The van der Waals surface area contributed by atoms with Crippen molar-refractivity contribution < 1.29 is 19.1 Å². The van der Waals surface area contributed by atoms with Crippen LogP contribution in [0.5, 0.6) is 0 Å². The summed E-state index contributed by atoms with van der Waals surface area (Å²) in [5.41, 5.74) is -0.386. The van der Waals surface area contributed by atoms with Crippen molar-refractivity contribution in [2.45, 2.75) is 26.4 Å². The molecule has 0 aliphatic rings. The third kappa shape index (κ3) is 10.4. The van der Waals surface area contributed by atoms with Gasteiger partial charge < -0.3 is 14.8 Å². The number of amides is 2. The number of carbonyl (C=O) groups excluding carboxylic acids is 2. The summed E-state index contributed by atoms with van der Waals surface area (Å²) in [5, 5.41) is 2.42. The number of esters is 1. The summed E-state index contributed by atoms with van der Waals surface area (Å²) in [4.78, 5) is 25.2. The van der Waals surface area contributed by atoms with E-state index in [0.717, 1.165) is 12.5 Å². The number of nitrogens with zero attached hydrogens (tertiary/aromatic N) is 1. The largest absolute Gasteiger partial charge is 0.477 e. The molecule has 6 heteroatoms. The highest BCUT2D eigenvalue weighted by Gasteiger charge is 2.08. The lowest BCUT2D eigenvalue weighted by Gasteiger charge is -2.16. The van der Waals surface area contributed by atoms with Crippen LogP contribution in [0.3, 0.4) is 0 Å². The monoisotopic (exact) mass is 242 g/mol. The molecule has 0 unspecified atom stereocenters. The molecule has 0 aliphatic carbocycles. The second-order valence-electron chi connectivity index (χ2n) is 4.07. The van der Waals surface area contributed by atoms with Crippen LogP contribution in [0.15, 0.2) is 17.6 Å². The van der Waals surface area contributed by atoms with Crippen molar-refractivity contribution in [2.24, 2.45) is 4.99 Å². The number of hydrogen-bond donors (Lipinski definition) is 1. The van der Waals surface area contributed by atoms with Crippen LogP contribution in [0, 0.1) is 0 Å². The molecule has 0 aromatic rings. The van der Waals surface area contributed by atoms with Gasteiger partial charge in [-0.2, -0.15) is 4.99 Å². The first-order valence-corrected chi connectivity index (χ1v) is 5.12. The zero-order chi connectivity index (χ0) is 13.3. The van der Waals surface area contributed by atoms with E-state index in [1.54, 1.807) is 0 Å². The summed E-state index contributed by atoms with van der Waals surface area (Å²) in [7, 11) is 0. The minimum atomic E-state index is -0.552. The minimum Gasteiger partial charge on any atom is -0.477 e. The predicted octanol–water partition coefficient (Wildman–Crippen LogP) is 1.27. The molecule has 0 bridgehead atoms. The molecule has 1 N–H and O–H groups in total. The second-order valence-corrected chi connectivity index (χ2v) is 4.07. The first-order valence-electron chi connectivity index (χ1n) is 5.12. The Morgan fingerprint density at radius 1 is 1.41 bits per heavy atom. The van der Waals surface area contributed by atoms with Gasteiger partial charge in [-0.3, -0.25) is 0 Å². The normalized spacial score (nSPS) is 11.0. The highest BCUT2D eigenvalue weighted by atomic mass is 16.5. The number of nitrogens with one attached hydrogen (secondary N) is 1. The number of urea groups is 1. The molecule has 0 radical (unpaired) electrons. The summed E-state index contributed by atoms with van der Waals surface area (Å²) in [6.45, 7) is 9.01. The average molecular weight is 242 g/mol. The fraction of sp³-hybridized carbons (Fsp3) is 0.545. The van der Waals surface area contributed by atoms with Gasteiger partial charge in [0.15, 0.2) is 6.40 Å². The van der Waals surface area contributed by atoms with Gasteiger partial charge in [0.25, 0.3) is 0 Å². The quantitative estimate of drug-likeness (QED) is 0.259. The molecule has 0 saturated carbocycles. The van der Waals surface area contributed by atoms with Crippen LogP contribution in [0.25, 0.3) is 0 Å². The molecule has 0 spiro atoms. The maximum absolute atomic E-state index is 11.1. The van der Waals surface area contributed by atoms with Crippen LogP contribution in [0.2, 0.25) is 0 Å². The summed E-state index contributed by atoms with van der Waals surface area (Å²) in [5.74, 6) is -0.529. The molecule has 96 valence electrons. The number of carbonyl (C=O) groups is 2. The van der Waals surface area contributed by atoms with Gasteiger partial charge in [0, 0.05) is 6.08 Å². The standard InChI is InChI=1S/C11H18N2O4/c1-5-9(14)16-7-6-12-10(15)13-8-17-11(2,3)4/h5,8H,1,6-7H2,2-4H3,(H,12,15). The third-order valence-electron chi connectivity index (χ3n) is 1.37. The van der Waals surface area contributed by atoms with Crippen LogP contribution in [-0.4, -0.2) is 37.2 Å². The molecule has 17 heavy (non-hydrogen) atoms. The van der Waals surface area contributed by atoms with Gasteiger partial charge in [-0.1, -0.05) is 6.58 Å². The van der Waals surface area contributed by atoms with E-state index in [2.05, 4.69) is 21.6 Å². The molecule has 0 aromatic heterocycles. The van der Waals surface area contributed by atoms with Crippen molar-refractivity contribution in [3.63, 3.8) is 0 Å². The highest BCUT2D eigenvalue weighted by Crippen LogP contribution is 2.03. The molecule has 0 rings (SSSR count). The minimum absolute atomic E-state index is 0.0756. The van der Waals surface area contributed by atoms with Crippen molar-refractivity contribution in [3.8, 4) is 0 Å². The third-order valence-corrected chi connectivity index (χ3v) is 1.37. The van der Waals surface area contributed by atoms with Gasteiger partial charge in [0.2, 0.25) is 0 Å². The number of aliphatic imine (C=N–C) groups is 1. The van der Waals surface area contributed by atoms with E-state index in [1.165, 1.54) is 0 Å². The molecule has 0 heterocycles. The Kier molecular flexibility index (Phi) is 6.62. The number of hydrogen-bond acceptors (Lipinski definition) is 4.